The van der Waals surface area contributed by atoms with Crippen molar-refractivity contribution in [3.05, 3.63) is 24.2 Å². The summed E-state index contributed by atoms with van der Waals surface area (Å²) in [7, 11) is 0. The Morgan fingerprint density at radius 2 is 2.37 bits per heavy atom. The van der Waals surface area contributed by atoms with E-state index in [0.29, 0.717) is 6.54 Å². The van der Waals surface area contributed by atoms with E-state index in [9.17, 15) is 4.79 Å². The monoisotopic (exact) mass is 266 g/mol. The van der Waals surface area contributed by atoms with Crippen LogP contribution in [0, 0.1) is 0 Å². The molecule has 2 rings (SSSR count). The third-order valence-corrected chi connectivity index (χ3v) is 3.52. The highest BCUT2D eigenvalue weighted by Crippen LogP contribution is 2.20. The second-order valence-corrected chi connectivity index (χ2v) is 5.06. The van der Waals surface area contributed by atoms with Gasteiger partial charge in [-0.15, -0.1) is 0 Å². The van der Waals surface area contributed by atoms with Crippen LogP contribution >= 0.6 is 0 Å². The number of rotatable bonds is 5. The third kappa shape index (κ3) is 4.08. The maximum Gasteiger partial charge on any atom is 0.249 e. The Morgan fingerprint density at radius 1 is 1.58 bits per heavy atom. The van der Waals surface area contributed by atoms with Crippen LogP contribution in [0.5, 0.6) is 0 Å². The Morgan fingerprint density at radius 3 is 3.05 bits per heavy atom. The Labute approximate surface area is 113 Å². The molecule has 1 aromatic rings. The molecule has 1 aromatic heterocycles. The zero-order valence-corrected chi connectivity index (χ0v) is 11.3. The molecule has 1 amide bonds. The number of hydrogen-bond donors (Lipinski definition) is 2. The molecule has 0 aliphatic heterocycles. The normalized spacial score (nSPS) is 24.9. The summed E-state index contributed by atoms with van der Waals surface area (Å²) in [6.07, 6.45) is 5.30. The fourth-order valence-corrected chi connectivity index (χ4v) is 2.35. The second-order valence-electron chi connectivity index (χ2n) is 5.06. The highest BCUT2D eigenvalue weighted by Gasteiger charge is 2.26. The smallest absolute Gasteiger partial charge is 0.249 e. The lowest BCUT2D eigenvalue weighted by Crippen LogP contribution is -2.44. The first-order valence-electron chi connectivity index (χ1n) is 6.88. The molecular weight excluding hydrogens is 244 g/mol. The molecular formula is C14H22N2O3. The van der Waals surface area contributed by atoms with Gasteiger partial charge in [0.2, 0.25) is 5.91 Å². The predicted molar refractivity (Wildman–Crippen MR) is 71.3 cm³/mol. The number of carbonyl (C=O) groups excluding carboxylic acids is 1. The molecule has 1 heterocycles. The first-order valence-corrected chi connectivity index (χ1v) is 6.88. The van der Waals surface area contributed by atoms with Gasteiger partial charge in [0.05, 0.1) is 18.9 Å². The highest BCUT2D eigenvalue weighted by molar-refractivity contribution is 5.80. The van der Waals surface area contributed by atoms with Crippen molar-refractivity contribution in [2.24, 2.45) is 5.73 Å². The largest absolute Gasteiger partial charge is 0.467 e. The van der Waals surface area contributed by atoms with Gasteiger partial charge in [-0.25, -0.2) is 0 Å². The van der Waals surface area contributed by atoms with Crippen LogP contribution in [0.3, 0.4) is 0 Å². The molecule has 1 fully saturated rings. The number of nitrogens with two attached hydrogens (primary N) is 1. The summed E-state index contributed by atoms with van der Waals surface area (Å²) < 4.78 is 10.9. The standard InChI is InChI=1S/C14H22N2O3/c1-10(19-13-7-3-2-6-12(13)15)14(17)16-9-11-5-4-8-18-11/h4-5,8,10,12-13H,2-3,6-7,9,15H2,1H3,(H,16,17). The highest BCUT2D eigenvalue weighted by atomic mass is 16.5. The summed E-state index contributed by atoms with van der Waals surface area (Å²) >= 11 is 0. The number of hydrogen-bond acceptors (Lipinski definition) is 4. The van der Waals surface area contributed by atoms with Crippen LogP contribution in [0.25, 0.3) is 0 Å². The molecule has 19 heavy (non-hydrogen) atoms. The lowest BCUT2D eigenvalue weighted by atomic mass is 9.93. The van der Waals surface area contributed by atoms with Crippen molar-refractivity contribution >= 4 is 5.91 Å². The zero-order chi connectivity index (χ0) is 13.7. The van der Waals surface area contributed by atoms with Gasteiger partial charge in [0, 0.05) is 6.04 Å². The molecule has 0 radical (unpaired) electrons. The molecule has 5 nitrogen and oxygen atoms in total. The van der Waals surface area contributed by atoms with Gasteiger partial charge in [0.25, 0.3) is 0 Å². The summed E-state index contributed by atoms with van der Waals surface area (Å²) in [5.74, 6) is 0.601. The summed E-state index contributed by atoms with van der Waals surface area (Å²) in [6.45, 7) is 2.15. The van der Waals surface area contributed by atoms with Crippen molar-refractivity contribution < 1.29 is 13.9 Å². The third-order valence-electron chi connectivity index (χ3n) is 3.52. The number of nitrogens with one attached hydrogen (secondary N) is 1. The van der Waals surface area contributed by atoms with Crippen molar-refractivity contribution in [1.29, 1.82) is 0 Å². The van der Waals surface area contributed by atoms with E-state index < -0.39 is 6.10 Å². The molecule has 0 bridgehead atoms. The van der Waals surface area contributed by atoms with Crippen LogP contribution in [-0.4, -0.2) is 24.2 Å². The molecule has 0 aromatic carbocycles. The maximum absolute atomic E-state index is 11.9. The SMILES string of the molecule is CC(OC1CCCCC1N)C(=O)NCc1ccco1. The average Bonchev–Trinajstić information content (AvgIpc) is 2.91. The van der Waals surface area contributed by atoms with Gasteiger partial charge < -0.3 is 20.2 Å². The molecule has 0 saturated heterocycles. The van der Waals surface area contributed by atoms with E-state index in [1.807, 2.05) is 6.07 Å². The summed E-state index contributed by atoms with van der Waals surface area (Å²) in [5.41, 5.74) is 6.01. The molecule has 3 atom stereocenters. The Bertz CT molecular complexity index is 391. The van der Waals surface area contributed by atoms with E-state index in [0.717, 1.165) is 31.4 Å². The van der Waals surface area contributed by atoms with Gasteiger partial charge in [-0.2, -0.15) is 0 Å². The molecule has 3 unspecified atom stereocenters. The van der Waals surface area contributed by atoms with E-state index in [1.54, 1.807) is 19.3 Å². The summed E-state index contributed by atoms with van der Waals surface area (Å²) in [4.78, 5) is 11.9. The Balaban J connectivity index is 1.75. The van der Waals surface area contributed by atoms with E-state index in [2.05, 4.69) is 5.32 Å². The van der Waals surface area contributed by atoms with Crippen molar-refractivity contribution in [1.82, 2.24) is 5.32 Å². The van der Waals surface area contributed by atoms with E-state index in [-0.39, 0.29) is 18.1 Å². The lowest BCUT2D eigenvalue weighted by Gasteiger charge is -2.30. The van der Waals surface area contributed by atoms with Crippen LogP contribution in [0.4, 0.5) is 0 Å². The zero-order valence-electron chi connectivity index (χ0n) is 11.3. The molecule has 3 N–H and O–H groups in total. The molecule has 106 valence electrons. The van der Waals surface area contributed by atoms with Crippen molar-refractivity contribution in [3.8, 4) is 0 Å². The number of carbonyl (C=O) groups is 1. The predicted octanol–water partition coefficient (Wildman–Crippen LogP) is 1.57. The van der Waals surface area contributed by atoms with E-state index in [4.69, 9.17) is 14.9 Å². The molecule has 1 saturated carbocycles. The summed E-state index contributed by atoms with van der Waals surface area (Å²) in [5, 5.41) is 2.79. The minimum absolute atomic E-state index is 0.00175. The van der Waals surface area contributed by atoms with Crippen LogP contribution in [0.1, 0.15) is 38.4 Å². The first-order chi connectivity index (χ1) is 9.16. The van der Waals surface area contributed by atoms with Gasteiger partial charge in [-0.05, 0) is 31.9 Å². The summed E-state index contributed by atoms with van der Waals surface area (Å²) in [6, 6.07) is 3.67. The van der Waals surface area contributed by atoms with E-state index in [1.165, 1.54) is 0 Å². The van der Waals surface area contributed by atoms with Crippen LogP contribution < -0.4 is 11.1 Å². The number of amides is 1. The molecule has 5 heteroatoms. The molecule has 1 aliphatic rings. The minimum atomic E-state index is -0.482. The van der Waals surface area contributed by atoms with E-state index >= 15 is 0 Å². The number of ether oxygens (including phenoxy) is 1. The number of furan rings is 1. The fourth-order valence-electron chi connectivity index (χ4n) is 2.35. The fraction of sp³-hybridized carbons (Fsp3) is 0.643. The van der Waals surface area contributed by atoms with Crippen LogP contribution in [-0.2, 0) is 16.1 Å². The Hall–Kier alpha value is -1.33. The molecule has 1 aliphatic carbocycles. The van der Waals surface area contributed by atoms with Gasteiger partial charge >= 0.3 is 0 Å². The van der Waals surface area contributed by atoms with Crippen LogP contribution in [0.15, 0.2) is 22.8 Å². The van der Waals surface area contributed by atoms with Crippen molar-refractivity contribution in [2.75, 3.05) is 0 Å². The van der Waals surface area contributed by atoms with Gasteiger partial charge in [-0.3, -0.25) is 4.79 Å². The Kier molecular flexibility index (Phi) is 4.99. The lowest BCUT2D eigenvalue weighted by molar-refractivity contribution is -0.137. The van der Waals surface area contributed by atoms with Gasteiger partial charge in [0.1, 0.15) is 11.9 Å². The molecule has 0 spiro atoms. The minimum Gasteiger partial charge on any atom is -0.467 e. The van der Waals surface area contributed by atoms with Crippen molar-refractivity contribution in [2.45, 2.75) is 57.4 Å². The quantitative estimate of drug-likeness (QED) is 0.848. The topological polar surface area (TPSA) is 77.5 Å². The van der Waals surface area contributed by atoms with Gasteiger partial charge in [0.15, 0.2) is 0 Å². The first kappa shape index (κ1) is 14.1. The van der Waals surface area contributed by atoms with Gasteiger partial charge in [-0.1, -0.05) is 12.8 Å². The average molecular weight is 266 g/mol. The second kappa shape index (κ2) is 6.73. The van der Waals surface area contributed by atoms with Crippen LogP contribution in [0.2, 0.25) is 0 Å². The maximum atomic E-state index is 11.9. The van der Waals surface area contributed by atoms with Crippen molar-refractivity contribution in [3.63, 3.8) is 0 Å².